The molecule has 0 radical (unpaired) electrons. The van der Waals surface area contributed by atoms with E-state index in [0.717, 1.165) is 0 Å². The Morgan fingerprint density at radius 1 is 1.30 bits per heavy atom. The fraction of sp³-hybridized carbons (Fsp3) is 0.0714. The van der Waals surface area contributed by atoms with Crippen LogP contribution in [-0.2, 0) is 0 Å². The smallest absolute Gasteiger partial charge is 0.271 e. The van der Waals surface area contributed by atoms with Gasteiger partial charge in [-0.05, 0) is 18.2 Å². The van der Waals surface area contributed by atoms with Gasteiger partial charge in [-0.2, -0.15) is 0 Å². The summed E-state index contributed by atoms with van der Waals surface area (Å²) in [6, 6.07) is 4.56. The number of anilines is 3. The summed E-state index contributed by atoms with van der Waals surface area (Å²) in [4.78, 5) is 20.1. The zero-order valence-electron chi connectivity index (χ0n) is 11.9. The van der Waals surface area contributed by atoms with E-state index in [1.54, 1.807) is 12.1 Å². The van der Waals surface area contributed by atoms with E-state index in [4.69, 9.17) is 28.9 Å². The number of nitrogen functional groups attached to an aromatic ring is 1. The number of nitrogens with two attached hydrogens (primary N) is 1. The minimum atomic E-state index is -0.453. The van der Waals surface area contributed by atoms with E-state index < -0.39 is 5.91 Å². The Hall–Kier alpha value is -2.51. The molecule has 1 aromatic carbocycles. The molecule has 1 aromatic heterocycles. The molecule has 0 bridgehead atoms. The van der Waals surface area contributed by atoms with E-state index in [2.05, 4.69) is 32.7 Å². The number of rotatable bonds is 6. The Morgan fingerprint density at radius 3 is 2.74 bits per heavy atom. The number of hydrazine groups is 1. The Morgan fingerprint density at radius 2 is 2.04 bits per heavy atom. The maximum atomic E-state index is 12.1. The van der Waals surface area contributed by atoms with Gasteiger partial charge in [-0.3, -0.25) is 15.6 Å². The van der Waals surface area contributed by atoms with Crippen molar-refractivity contribution in [3.05, 3.63) is 52.8 Å². The number of aromatic nitrogens is 2. The van der Waals surface area contributed by atoms with Gasteiger partial charge in [0, 0.05) is 11.6 Å². The van der Waals surface area contributed by atoms with Gasteiger partial charge in [0.2, 0.25) is 0 Å². The maximum absolute atomic E-state index is 12.1. The molecule has 0 fully saturated rings. The zero-order chi connectivity index (χ0) is 16.8. The minimum absolute atomic E-state index is 0.237. The van der Waals surface area contributed by atoms with Crippen molar-refractivity contribution in [2.75, 3.05) is 23.0 Å². The van der Waals surface area contributed by atoms with E-state index in [9.17, 15) is 4.79 Å². The average Bonchev–Trinajstić information content (AvgIpc) is 2.52. The second-order valence-electron chi connectivity index (χ2n) is 4.36. The van der Waals surface area contributed by atoms with Crippen LogP contribution >= 0.6 is 23.2 Å². The molecule has 0 unspecified atom stereocenters. The number of nitrogens with zero attached hydrogens (tertiary/aromatic N) is 2. The first-order chi connectivity index (χ1) is 11.0. The predicted octanol–water partition coefficient (Wildman–Crippen LogP) is 2.72. The number of halogens is 2. The average molecular weight is 353 g/mol. The second-order valence-corrected chi connectivity index (χ2v) is 5.20. The number of hydrogen-bond acceptors (Lipinski definition) is 6. The minimum Gasteiger partial charge on any atom is -0.393 e. The SMILES string of the molecule is C=CCNc1ncnc(NNC(=O)c2ccc(Cl)cc2Cl)c1N. The Balaban J connectivity index is 2.08. The first-order valence-electron chi connectivity index (χ1n) is 6.49. The summed E-state index contributed by atoms with van der Waals surface area (Å²) < 4.78 is 0. The number of carbonyl (C=O) groups is 1. The van der Waals surface area contributed by atoms with E-state index >= 15 is 0 Å². The van der Waals surface area contributed by atoms with Crippen LogP contribution in [0.2, 0.25) is 10.0 Å². The van der Waals surface area contributed by atoms with Gasteiger partial charge in [-0.1, -0.05) is 29.3 Å². The highest BCUT2D eigenvalue weighted by Gasteiger charge is 2.12. The fourth-order valence-corrected chi connectivity index (χ4v) is 2.16. The van der Waals surface area contributed by atoms with Crippen LogP contribution in [0.4, 0.5) is 17.3 Å². The third kappa shape index (κ3) is 4.24. The van der Waals surface area contributed by atoms with Crippen molar-refractivity contribution in [2.45, 2.75) is 0 Å². The lowest BCUT2D eigenvalue weighted by Gasteiger charge is -2.13. The molecular formula is C14H14Cl2N6O. The van der Waals surface area contributed by atoms with Crippen LogP contribution in [0.15, 0.2) is 37.2 Å². The van der Waals surface area contributed by atoms with Crippen molar-refractivity contribution in [2.24, 2.45) is 0 Å². The maximum Gasteiger partial charge on any atom is 0.271 e. The molecule has 0 saturated carbocycles. The molecule has 5 N–H and O–H groups in total. The molecule has 7 nitrogen and oxygen atoms in total. The molecule has 120 valence electrons. The van der Waals surface area contributed by atoms with Crippen molar-refractivity contribution < 1.29 is 4.79 Å². The Bertz CT molecular complexity index is 737. The molecule has 0 spiro atoms. The predicted molar refractivity (Wildman–Crippen MR) is 92.7 cm³/mol. The van der Waals surface area contributed by atoms with E-state index in [0.29, 0.717) is 17.4 Å². The third-order valence-corrected chi connectivity index (χ3v) is 3.32. The van der Waals surface area contributed by atoms with Crippen LogP contribution in [-0.4, -0.2) is 22.4 Å². The van der Waals surface area contributed by atoms with E-state index in [1.165, 1.54) is 18.5 Å². The number of hydrogen-bond donors (Lipinski definition) is 4. The molecule has 0 aliphatic heterocycles. The van der Waals surface area contributed by atoms with Crippen LogP contribution in [0.3, 0.4) is 0 Å². The van der Waals surface area contributed by atoms with Crippen LogP contribution in [0, 0.1) is 0 Å². The van der Waals surface area contributed by atoms with Crippen molar-refractivity contribution in [3.63, 3.8) is 0 Å². The number of benzene rings is 1. The quantitative estimate of drug-likeness (QED) is 0.470. The van der Waals surface area contributed by atoms with Crippen LogP contribution in [0.25, 0.3) is 0 Å². The van der Waals surface area contributed by atoms with E-state index in [-0.39, 0.29) is 22.1 Å². The molecule has 0 aliphatic carbocycles. The lowest BCUT2D eigenvalue weighted by atomic mass is 10.2. The summed E-state index contributed by atoms with van der Waals surface area (Å²) in [7, 11) is 0. The molecule has 0 saturated heterocycles. The van der Waals surface area contributed by atoms with Crippen LogP contribution < -0.4 is 21.9 Å². The molecule has 2 rings (SSSR count). The first kappa shape index (κ1) is 16.9. The highest BCUT2D eigenvalue weighted by atomic mass is 35.5. The monoisotopic (exact) mass is 352 g/mol. The molecule has 2 aromatic rings. The molecule has 9 heteroatoms. The summed E-state index contributed by atoms with van der Waals surface area (Å²) in [6.07, 6.45) is 2.98. The largest absolute Gasteiger partial charge is 0.393 e. The van der Waals surface area contributed by atoms with E-state index in [1.807, 2.05) is 0 Å². The Labute approximate surface area is 142 Å². The zero-order valence-corrected chi connectivity index (χ0v) is 13.4. The van der Waals surface area contributed by atoms with Gasteiger partial charge in [0.25, 0.3) is 5.91 Å². The lowest BCUT2D eigenvalue weighted by Crippen LogP contribution is -2.30. The third-order valence-electron chi connectivity index (χ3n) is 2.77. The molecule has 0 aliphatic rings. The molecular weight excluding hydrogens is 339 g/mol. The lowest BCUT2D eigenvalue weighted by molar-refractivity contribution is 0.0962. The number of carbonyl (C=O) groups excluding carboxylic acids is 1. The van der Waals surface area contributed by atoms with Gasteiger partial charge in [0.15, 0.2) is 11.6 Å². The summed E-state index contributed by atoms with van der Waals surface area (Å²) in [5, 5.41) is 3.63. The number of amides is 1. The summed E-state index contributed by atoms with van der Waals surface area (Å²) in [5.41, 5.74) is 11.5. The summed E-state index contributed by atoms with van der Waals surface area (Å²) >= 11 is 11.8. The standard InChI is InChI=1S/C14H14Cl2N6O/c1-2-5-18-12-11(17)13(20-7-19-12)21-22-14(23)9-4-3-8(15)6-10(9)16/h2-4,6-7H,1,5,17H2,(H,22,23)(H2,18,19,20,21). The summed E-state index contributed by atoms with van der Waals surface area (Å²) in [5.74, 6) is 0.233. The van der Waals surface area contributed by atoms with Gasteiger partial charge in [0.1, 0.15) is 12.0 Å². The van der Waals surface area contributed by atoms with Gasteiger partial charge < -0.3 is 11.1 Å². The van der Waals surface area contributed by atoms with Crippen molar-refractivity contribution in [1.82, 2.24) is 15.4 Å². The summed E-state index contributed by atoms with van der Waals surface area (Å²) in [6.45, 7) is 4.09. The van der Waals surface area contributed by atoms with Crippen molar-refractivity contribution in [3.8, 4) is 0 Å². The second kappa shape index (κ2) is 7.66. The highest BCUT2D eigenvalue weighted by molar-refractivity contribution is 6.36. The van der Waals surface area contributed by atoms with Crippen molar-refractivity contribution in [1.29, 1.82) is 0 Å². The molecule has 23 heavy (non-hydrogen) atoms. The van der Waals surface area contributed by atoms with Gasteiger partial charge in [-0.25, -0.2) is 9.97 Å². The van der Waals surface area contributed by atoms with Crippen LogP contribution in [0.5, 0.6) is 0 Å². The van der Waals surface area contributed by atoms with Gasteiger partial charge >= 0.3 is 0 Å². The normalized spacial score (nSPS) is 10.0. The first-order valence-corrected chi connectivity index (χ1v) is 7.25. The van der Waals surface area contributed by atoms with Gasteiger partial charge in [-0.15, -0.1) is 6.58 Å². The fourth-order valence-electron chi connectivity index (χ4n) is 1.66. The van der Waals surface area contributed by atoms with Crippen molar-refractivity contribution >= 4 is 46.4 Å². The van der Waals surface area contributed by atoms with Gasteiger partial charge in [0.05, 0.1) is 10.6 Å². The Kier molecular flexibility index (Phi) is 5.61. The highest BCUT2D eigenvalue weighted by Crippen LogP contribution is 2.23. The molecule has 1 heterocycles. The molecule has 0 atom stereocenters. The molecule has 1 amide bonds. The topological polar surface area (TPSA) is 105 Å². The van der Waals surface area contributed by atoms with Crippen LogP contribution in [0.1, 0.15) is 10.4 Å². The number of nitrogens with one attached hydrogen (secondary N) is 3.